The first kappa shape index (κ1) is 28.2. The van der Waals surface area contributed by atoms with E-state index in [2.05, 4.69) is 32.1 Å². The number of fused-ring (bicyclic) bond motifs is 1. The van der Waals surface area contributed by atoms with Crippen LogP contribution in [0.15, 0.2) is 35.5 Å². The normalized spacial score (nSPS) is 32.8. The van der Waals surface area contributed by atoms with Gasteiger partial charge in [0.15, 0.2) is 0 Å². The number of cyclic esters (lactones) is 1. The zero-order valence-corrected chi connectivity index (χ0v) is 23.0. The molecular formula is C30H44O6. The van der Waals surface area contributed by atoms with E-state index in [1.54, 1.807) is 19.9 Å². The Hall–Kier alpha value is -2.37. The summed E-state index contributed by atoms with van der Waals surface area (Å²) >= 11 is 0. The Kier molecular flexibility index (Phi) is 9.23. The predicted octanol–water partition coefficient (Wildman–Crippen LogP) is 6.10. The van der Waals surface area contributed by atoms with Crippen LogP contribution in [-0.4, -0.2) is 36.2 Å². The Morgan fingerprint density at radius 3 is 2.56 bits per heavy atom. The van der Waals surface area contributed by atoms with Gasteiger partial charge in [0, 0.05) is 17.9 Å². The highest BCUT2D eigenvalue weighted by atomic mass is 16.6. The molecular weight excluding hydrogens is 456 g/mol. The van der Waals surface area contributed by atoms with Crippen LogP contribution in [0.25, 0.3) is 0 Å². The summed E-state index contributed by atoms with van der Waals surface area (Å²) in [5, 5.41) is 0. The highest BCUT2D eigenvalue weighted by Crippen LogP contribution is 2.45. The van der Waals surface area contributed by atoms with Gasteiger partial charge in [-0.3, -0.25) is 9.59 Å². The van der Waals surface area contributed by atoms with Crippen LogP contribution in [0.4, 0.5) is 0 Å². The third-order valence-electron chi connectivity index (χ3n) is 8.36. The van der Waals surface area contributed by atoms with Crippen molar-refractivity contribution in [3.63, 3.8) is 0 Å². The van der Waals surface area contributed by atoms with E-state index in [1.807, 2.05) is 20.8 Å². The van der Waals surface area contributed by atoms with Crippen molar-refractivity contribution in [1.82, 2.24) is 0 Å². The minimum absolute atomic E-state index is 0.0977. The van der Waals surface area contributed by atoms with Gasteiger partial charge in [0.2, 0.25) is 0 Å². The van der Waals surface area contributed by atoms with Crippen molar-refractivity contribution >= 4 is 17.9 Å². The lowest BCUT2D eigenvalue weighted by atomic mass is 9.65. The summed E-state index contributed by atoms with van der Waals surface area (Å²) in [5.74, 6) is 0.212. The van der Waals surface area contributed by atoms with Crippen molar-refractivity contribution in [2.24, 2.45) is 29.1 Å². The van der Waals surface area contributed by atoms with Crippen LogP contribution < -0.4 is 0 Å². The standard InChI is InChI=1S/C30H44O6/c1-8-19(4)28(32)35-23-16-22(34-26(31)17-23)12-13-24-20(5)10-11-21-14-18(3)15-25(27(21)24)36-29(33)30(6,7)9-2/h8,10-11,14,18,20,22-25,27H,9,12-13,15-17H2,1-7H3/b19-8+/t18-,20-,22+,23-,24-,25-,27?/m0/s1. The molecule has 3 rings (SSSR count). The molecule has 0 bridgehead atoms. The van der Waals surface area contributed by atoms with Crippen LogP contribution in [0.1, 0.15) is 87.0 Å². The summed E-state index contributed by atoms with van der Waals surface area (Å²) in [5.41, 5.74) is 1.27. The molecule has 7 atom stereocenters. The fourth-order valence-electron chi connectivity index (χ4n) is 5.51. The van der Waals surface area contributed by atoms with Gasteiger partial charge in [-0.2, -0.15) is 0 Å². The van der Waals surface area contributed by atoms with Gasteiger partial charge in [-0.1, -0.05) is 45.1 Å². The summed E-state index contributed by atoms with van der Waals surface area (Å²) in [6.07, 6.45) is 11.2. The van der Waals surface area contributed by atoms with Crippen LogP contribution in [0, 0.1) is 29.1 Å². The van der Waals surface area contributed by atoms with Crippen LogP contribution in [0.2, 0.25) is 0 Å². The summed E-state index contributed by atoms with van der Waals surface area (Å²) in [6, 6.07) is 0. The molecule has 0 amide bonds. The summed E-state index contributed by atoms with van der Waals surface area (Å²) < 4.78 is 17.4. The van der Waals surface area contributed by atoms with E-state index < -0.39 is 11.5 Å². The van der Waals surface area contributed by atoms with E-state index in [0.717, 1.165) is 19.3 Å². The third-order valence-corrected chi connectivity index (χ3v) is 8.36. The fourth-order valence-corrected chi connectivity index (χ4v) is 5.51. The van der Waals surface area contributed by atoms with E-state index in [9.17, 15) is 14.4 Å². The van der Waals surface area contributed by atoms with Crippen LogP contribution in [-0.2, 0) is 28.6 Å². The minimum atomic E-state index is -0.510. The molecule has 2 aliphatic carbocycles. The van der Waals surface area contributed by atoms with Crippen molar-refractivity contribution in [3.05, 3.63) is 35.5 Å². The molecule has 1 heterocycles. The Labute approximate surface area is 216 Å². The first-order valence-corrected chi connectivity index (χ1v) is 13.6. The van der Waals surface area contributed by atoms with Crippen LogP contribution in [0.5, 0.6) is 0 Å². The van der Waals surface area contributed by atoms with Gasteiger partial charge in [-0.15, -0.1) is 0 Å². The topological polar surface area (TPSA) is 78.9 Å². The highest BCUT2D eigenvalue weighted by molar-refractivity contribution is 5.88. The fraction of sp³-hybridized carbons (Fsp3) is 0.700. The molecule has 1 fully saturated rings. The second kappa shape index (κ2) is 11.8. The first-order chi connectivity index (χ1) is 16.9. The summed E-state index contributed by atoms with van der Waals surface area (Å²) in [4.78, 5) is 37.5. The largest absolute Gasteiger partial charge is 0.462 e. The smallest absolute Gasteiger partial charge is 0.333 e. The molecule has 36 heavy (non-hydrogen) atoms. The van der Waals surface area contributed by atoms with E-state index >= 15 is 0 Å². The lowest BCUT2D eigenvalue weighted by molar-refractivity contribution is -0.169. The number of rotatable bonds is 8. The van der Waals surface area contributed by atoms with E-state index in [4.69, 9.17) is 14.2 Å². The van der Waals surface area contributed by atoms with Gasteiger partial charge in [0.1, 0.15) is 18.3 Å². The molecule has 1 saturated heterocycles. The van der Waals surface area contributed by atoms with Crippen LogP contribution >= 0.6 is 0 Å². The number of hydrogen-bond donors (Lipinski definition) is 0. The van der Waals surface area contributed by atoms with E-state index in [-0.39, 0.29) is 48.4 Å². The van der Waals surface area contributed by atoms with Gasteiger partial charge in [0.05, 0.1) is 11.8 Å². The van der Waals surface area contributed by atoms with Gasteiger partial charge in [-0.05, 0) is 76.7 Å². The van der Waals surface area contributed by atoms with Gasteiger partial charge >= 0.3 is 17.9 Å². The second-order valence-corrected chi connectivity index (χ2v) is 11.6. The predicted molar refractivity (Wildman–Crippen MR) is 139 cm³/mol. The Morgan fingerprint density at radius 2 is 1.89 bits per heavy atom. The molecule has 0 radical (unpaired) electrons. The van der Waals surface area contributed by atoms with Gasteiger partial charge in [-0.25, -0.2) is 4.79 Å². The Morgan fingerprint density at radius 1 is 1.17 bits per heavy atom. The third kappa shape index (κ3) is 6.68. The maximum Gasteiger partial charge on any atom is 0.333 e. The SMILES string of the molecule is C/C=C(\C)C(=O)O[C@@H]1CC(=O)O[C@H](CC[C@@H]2C3C(=C[C@H](C)C[C@@H]3OC(=O)C(C)(C)CC)C=C[C@@H]2C)C1. The molecule has 6 heteroatoms. The number of carbonyl (C=O) groups excluding carboxylic acids is 3. The summed E-state index contributed by atoms with van der Waals surface area (Å²) in [7, 11) is 0. The number of hydrogen-bond acceptors (Lipinski definition) is 6. The van der Waals surface area contributed by atoms with Crippen molar-refractivity contribution in [1.29, 1.82) is 0 Å². The maximum atomic E-state index is 13.0. The van der Waals surface area contributed by atoms with Crippen molar-refractivity contribution in [2.45, 2.75) is 105 Å². The number of allylic oxidation sites excluding steroid dienone is 4. The lowest BCUT2D eigenvalue weighted by Crippen LogP contribution is -2.43. The molecule has 0 saturated carbocycles. The maximum absolute atomic E-state index is 13.0. The molecule has 3 aliphatic rings. The molecule has 6 nitrogen and oxygen atoms in total. The Bertz CT molecular complexity index is 926. The van der Waals surface area contributed by atoms with Gasteiger partial charge in [0.25, 0.3) is 0 Å². The molecule has 1 aliphatic heterocycles. The quantitative estimate of drug-likeness (QED) is 0.228. The monoisotopic (exact) mass is 500 g/mol. The first-order valence-electron chi connectivity index (χ1n) is 13.6. The Balaban J connectivity index is 1.72. The molecule has 0 aromatic carbocycles. The van der Waals surface area contributed by atoms with Crippen LogP contribution in [0.3, 0.4) is 0 Å². The van der Waals surface area contributed by atoms with Gasteiger partial charge < -0.3 is 14.2 Å². The highest BCUT2D eigenvalue weighted by Gasteiger charge is 2.43. The zero-order chi connectivity index (χ0) is 26.6. The number of ether oxygens (including phenoxy) is 3. The minimum Gasteiger partial charge on any atom is -0.462 e. The van der Waals surface area contributed by atoms with E-state index in [0.29, 0.717) is 30.3 Å². The molecule has 200 valence electrons. The molecule has 0 N–H and O–H groups in total. The van der Waals surface area contributed by atoms with E-state index in [1.165, 1.54) is 5.57 Å². The number of esters is 3. The van der Waals surface area contributed by atoms with Crippen molar-refractivity contribution < 1.29 is 28.6 Å². The molecule has 0 aromatic heterocycles. The lowest BCUT2D eigenvalue weighted by Gasteiger charge is -2.44. The molecule has 1 unspecified atom stereocenters. The second-order valence-electron chi connectivity index (χ2n) is 11.6. The van der Waals surface area contributed by atoms with Crippen molar-refractivity contribution in [3.8, 4) is 0 Å². The van der Waals surface area contributed by atoms with Crippen molar-refractivity contribution in [2.75, 3.05) is 0 Å². The number of carbonyl (C=O) groups is 3. The molecule has 0 aromatic rings. The zero-order valence-electron chi connectivity index (χ0n) is 23.0. The average Bonchev–Trinajstić information content (AvgIpc) is 2.82. The molecule has 0 spiro atoms. The summed E-state index contributed by atoms with van der Waals surface area (Å²) in [6.45, 7) is 13.8. The average molecular weight is 501 g/mol.